The summed E-state index contributed by atoms with van der Waals surface area (Å²) in [7, 11) is 0. The Morgan fingerprint density at radius 2 is 2.14 bits per heavy atom. The smallest absolute Gasteiger partial charge is 0.305 e. The van der Waals surface area contributed by atoms with Crippen LogP contribution in [0.4, 0.5) is 5.82 Å². The summed E-state index contributed by atoms with van der Waals surface area (Å²) in [5.41, 5.74) is 1.08. The SMILES string of the molecule is Cc1noc2ncnc(NC(CC(=O)O)CC(C)(C)C)c12. The lowest BCUT2D eigenvalue weighted by molar-refractivity contribution is -0.137. The first-order chi connectivity index (χ1) is 9.76. The summed E-state index contributed by atoms with van der Waals surface area (Å²) < 4.78 is 5.10. The molecule has 114 valence electrons. The molecule has 0 saturated carbocycles. The second-order valence-electron chi connectivity index (χ2n) is 6.37. The highest BCUT2D eigenvalue weighted by Gasteiger charge is 2.23. The molecule has 1 atom stereocenters. The van der Waals surface area contributed by atoms with Crippen LogP contribution in [0.3, 0.4) is 0 Å². The molecule has 0 aliphatic rings. The number of fused-ring (bicyclic) bond motifs is 1. The number of anilines is 1. The van der Waals surface area contributed by atoms with Gasteiger partial charge in [0.1, 0.15) is 17.5 Å². The van der Waals surface area contributed by atoms with E-state index in [2.05, 4.69) is 41.2 Å². The number of hydrogen-bond donors (Lipinski definition) is 2. The van der Waals surface area contributed by atoms with Crippen molar-refractivity contribution in [3.8, 4) is 0 Å². The van der Waals surface area contributed by atoms with E-state index >= 15 is 0 Å². The fourth-order valence-corrected chi connectivity index (χ4v) is 2.35. The summed E-state index contributed by atoms with van der Waals surface area (Å²) in [6.07, 6.45) is 2.10. The van der Waals surface area contributed by atoms with Gasteiger partial charge in [0.05, 0.1) is 12.1 Å². The molecule has 0 fully saturated rings. The Morgan fingerprint density at radius 3 is 2.76 bits per heavy atom. The first kappa shape index (κ1) is 15.2. The van der Waals surface area contributed by atoms with E-state index in [0.29, 0.717) is 29.0 Å². The first-order valence-electron chi connectivity index (χ1n) is 6.81. The van der Waals surface area contributed by atoms with Crippen LogP contribution in [0.15, 0.2) is 10.9 Å². The molecule has 0 bridgehead atoms. The van der Waals surface area contributed by atoms with Crippen LogP contribution in [0.1, 0.15) is 39.3 Å². The maximum Gasteiger partial charge on any atom is 0.305 e. The van der Waals surface area contributed by atoms with E-state index in [4.69, 9.17) is 9.63 Å². The topological polar surface area (TPSA) is 101 Å². The monoisotopic (exact) mass is 292 g/mol. The van der Waals surface area contributed by atoms with Crippen molar-refractivity contribution >= 4 is 22.9 Å². The summed E-state index contributed by atoms with van der Waals surface area (Å²) in [6.45, 7) is 8.02. The third-order valence-electron chi connectivity index (χ3n) is 3.06. The van der Waals surface area contributed by atoms with Crippen LogP contribution in [0.5, 0.6) is 0 Å². The van der Waals surface area contributed by atoms with Crippen molar-refractivity contribution in [3.63, 3.8) is 0 Å². The summed E-state index contributed by atoms with van der Waals surface area (Å²) in [5, 5.41) is 16.8. The number of carbonyl (C=O) groups is 1. The molecule has 0 radical (unpaired) electrons. The van der Waals surface area contributed by atoms with Gasteiger partial charge in [-0.15, -0.1) is 0 Å². The normalized spacial score (nSPS) is 13.3. The Morgan fingerprint density at radius 1 is 1.43 bits per heavy atom. The van der Waals surface area contributed by atoms with E-state index in [0.717, 1.165) is 0 Å². The molecule has 0 aromatic carbocycles. The molecule has 1 unspecified atom stereocenters. The predicted molar refractivity (Wildman–Crippen MR) is 78.1 cm³/mol. The van der Waals surface area contributed by atoms with Crippen molar-refractivity contribution in [1.82, 2.24) is 15.1 Å². The zero-order chi connectivity index (χ0) is 15.6. The molecule has 0 spiro atoms. The van der Waals surface area contributed by atoms with Crippen molar-refractivity contribution in [2.45, 2.75) is 46.6 Å². The Hall–Kier alpha value is -2.18. The minimum Gasteiger partial charge on any atom is -0.481 e. The molecule has 2 aromatic rings. The summed E-state index contributed by atoms with van der Waals surface area (Å²) in [5.74, 6) is -0.279. The van der Waals surface area contributed by atoms with E-state index in [1.54, 1.807) is 6.92 Å². The number of nitrogens with zero attached hydrogens (tertiary/aromatic N) is 3. The molecule has 7 heteroatoms. The van der Waals surface area contributed by atoms with Gasteiger partial charge in [-0.3, -0.25) is 4.79 Å². The van der Waals surface area contributed by atoms with E-state index in [-0.39, 0.29) is 17.9 Å². The van der Waals surface area contributed by atoms with E-state index in [1.807, 2.05) is 0 Å². The number of carboxylic acid groups (broad SMARTS) is 1. The lowest BCUT2D eigenvalue weighted by atomic mass is 9.87. The quantitative estimate of drug-likeness (QED) is 0.873. The van der Waals surface area contributed by atoms with Crippen LogP contribution in [-0.2, 0) is 4.79 Å². The van der Waals surface area contributed by atoms with Gasteiger partial charge in [-0.05, 0) is 18.8 Å². The van der Waals surface area contributed by atoms with Gasteiger partial charge in [0.15, 0.2) is 0 Å². The first-order valence-corrected chi connectivity index (χ1v) is 6.81. The Bertz CT molecular complexity index is 645. The molecule has 0 saturated heterocycles. The van der Waals surface area contributed by atoms with Gasteiger partial charge in [-0.25, -0.2) is 4.98 Å². The number of carboxylic acids is 1. The van der Waals surface area contributed by atoms with Crippen molar-refractivity contribution in [3.05, 3.63) is 12.0 Å². The van der Waals surface area contributed by atoms with Crippen molar-refractivity contribution in [2.75, 3.05) is 5.32 Å². The number of aryl methyl sites for hydroxylation is 1. The zero-order valence-electron chi connectivity index (χ0n) is 12.7. The highest BCUT2D eigenvalue weighted by atomic mass is 16.5. The van der Waals surface area contributed by atoms with E-state index < -0.39 is 5.97 Å². The highest BCUT2D eigenvalue weighted by Crippen LogP contribution is 2.27. The molecular formula is C14H20N4O3. The number of nitrogens with one attached hydrogen (secondary N) is 1. The summed E-state index contributed by atoms with van der Waals surface area (Å²) in [4.78, 5) is 19.3. The largest absolute Gasteiger partial charge is 0.481 e. The fraction of sp³-hybridized carbons (Fsp3) is 0.571. The number of aliphatic carboxylic acids is 1. The maximum absolute atomic E-state index is 11.1. The van der Waals surface area contributed by atoms with Gasteiger partial charge in [0.25, 0.3) is 5.71 Å². The fourth-order valence-electron chi connectivity index (χ4n) is 2.35. The molecule has 21 heavy (non-hydrogen) atoms. The van der Waals surface area contributed by atoms with Crippen molar-refractivity contribution in [2.24, 2.45) is 5.41 Å². The molecule has 2 rings (SSSR count). The van der Waals surface area contributed by atoms with Gasteiger partial charge in [0.2, 0.25) is 0 Å². The molecule has 2 heterocycles. The second-order valence-corrected chi connectivity index (χ2v) is 6.37. The van der Waals surface area contributed by atoms with Crippen LogP contribution in [0.2, 0.25) is 0 Å². The minimum absolute atomic E-state index is 0.00293. The van der Waals surface area contributed by atoms with Crippen molar-refractivity contribution < 1.29 is 14.4 Å². The van der Waals surface area contributed by atoms with Crippen molar-refractivity contribution in [1.29, 1.82) is 0 Å². The van der Waals surface area contributed by atoms with Crippen LogP contribution >= 0.6 is 0 Å². The van der Waals surface area contributed by atoms with Gasteiger partial charge in [-0.1, -0.05) is 25.9 Å². The lowest BCUT2D eigenvalue weighted by Crippen LogP contribution is -2.28. The van der Waals surface area contributed by atoms with E-state index in [1.165, 1.54) is 6.33 Å². The van der Waals surface area contributed by atoms with Gasteiger partial charge in [0, 0.05) is 6.04 Å². The number of aromatic nitrogens is 3. The van der Waals surface area contributed by atoms with Gasteiger partial charge >= 0.3 is 5.97 Å². The molecule has 2 aromatic heterocycles. The molecule has 0 aliphatic heterocycles. The number of hydrogen-bond acceptors (Lipinski definition) is 6. The Balaban J connectivity index is 2.29. The van der Waals surface area contributed by atoms with Crippen LogP contribution in [-0.4, -0.2) is 32.2 Å². The summed E-state index contributed by atoms with van der Waals surface area (Å²) >= 11 is 0. The molecule has 0 aliphatic carbocycles. The molecule has 2 N–H and O–H groups in total. The van der Waals surface area contributed by atoms with Gasteiger partial charge < -0.3 is 14.9 Å². The van der Waals surface area contributed by atoms with Crippen LogP contribution in [0, 0.1) is 12.3 Å². The third kappa shape index (κ3) is 3.90. The summed E-state index contributed by atoms with van der Waals surface area (Å²) in [6, 6.07) is -0.227. The Kier molecular flexibility index (Phi) is 4.11. The van der Waals surface area contributed by atoms with Crippen LogP contribution < -0.4 is 5.32 Å². The number of rotatable bonds is 5. The minimum atomic E-state index is -0.843. The van der Waals surface area contributed by atoms with Crippen LogP contribution in [0.25, 0.3) is 11.1 Å². The molecule has 7 nitrogen and oxygen atoms in total. The molecular weight excluding hydrogens is 272 g/mol. The standard InChI is InChI=1S/C14H20N4O3/c1-8-11-12(15-7-16-13(11)21-18-8)17-9(5-10(19)20)6-14(2,3)4/h7,9H,5-6H2,1-4H3,(H,19,20)(H,15,16,17). The Labute approximate surface area is 122 Å². The average Bonchev–Trinajstić information content (AvgIpc) is 2.69. The van der Waals surface area contributed by atoms with Gasteiger partial charge in [-0.2, -0.15) is 4.98 Å². The highest BCUT2D eigenvalue weighted by molar-refractivity contribution is 5.87. The second kappa shape index (κ2) is 5.67. The lowest BCUT2D eigenvalue weighted by Gasteiger charge is -2.26. The zero-order valence-corrected chi connectivity index (χ0v) is 12.7. The third-order valence-corrected chi connectivity index (χ3v) is 3.06. The van der Waals surface area contributed by atoms with E-state index in [9.17, 15) is 4.79 Å². The average molecular weight is 292 g/mol. The maximum atomic E-state index is 11.1. The molecule has 0 amide bonds. The predicted octanol–water partition coefficient (Wildman–Crippen LogP) is 2.62.